The second kappa shape index (κ2) is 8.01. The second-order valence-electron chi connectivity index (χ2n) is 6.74. The largest absolute Gasteiger partial charge is 0.496 e. The van der Waals surface area contributed by atoms with E-state index in [1.165, 1.54) is 6.26 Å². The summed E-state index contributed by atoms with van der Waals surface area (Å²) in [5, 5.41) is 10.6. The van der Waals surface area contributed by atoms with Gasteiger partial charge in [-0.05, 0) is 24.5 Å². The molecule has 1 aromatic carbocycles. The van der Waals surface area contributed by atoms with Crippen molar-refractivity contribution in [3.8, 4) is 5.75 Å². The third kappa shape index (κ3) is 4.71. The summed E-state index contributed by atoms with van der Waals surface area (Å²) >= 11 is 0. The summed E-state index contributed by atoms with van der Waals surface area (Å²) in [5.41, 5.74) is 0.957. The van der Waals surface area contributed by atoms with Gasteiger partial charge in [0.05, 0.1) is 24.8 Å². The summed E-state index contributed by atoms with van der Waals surface area (Å²) in [6, 6.07) is 5.12. The highest BCUT2D eigenvalue weighted by Crippen LogP contribution is 2.29. The van der Waals surface area contributed by atoms with Gasteiger partial charge in [0, 0.05) is 44.1 Å². The molecular formula is C17H27N3O4S. The van der Waals surface area contributed by atoms with Gasteiger partial charge in [-0.2, -0.15) is 0 Å². The molecule has 0 aromatic heterocycles. The lowest BCUT2D eigenvalue weighted by Crippen LogP contribution is -2.57. The van der Waals surface area contributed by atoms with Crippen molar-refractivity contribution in [1.82, 2.24) is 16.0 Å². The van der Waals surface area contributed by atoms with Crippen LogP contribution < -0.4 is 20.7 Å². The Morgan fingerprint density at radius 3 is 2.88 bits per heavy atom. The van der Waals surface area contributed by atoms with E-state index in [2.05, 4.69) is 16.0 Å². The van der Waals surface area contributed by atoms with E-state index in [0.717, 1.165) is 44.8 Å². The van der Waals surface area contributed by atoms with Crippen LogP contribution in [-0.4, -0.2) is 60.8 Å². The quantitative estimate of drug-likeness (QED) is 0.664. The third-order valence-corrected chi connectivity index (χ3v) is 5.89. The van der Waals surface area contributed by atoms with Crippen LogP contribution in [0.15, 0.2) is 23.1 Å². The standard InChI is InChI=1S/C17H27N3O4S/c1-23-16-7-13(25(2,21)22)3-4-14(16)15-9-18-10-17(20-15)19-8-12-5-6-24-11-12/h3-4,7,12,15,17-20H,5-6,8-11H2,1-2H3. The first-order valence-electron chi connectivity index (χ1n) is 8.63. The first-order chi connectivity index (χ1) is 12.0. The Hall–Kier alpha value is -1.19. The second-order valence-corrected chi connectivity index (χ2v) is 8.76. The summed E-state index contributed by atoms with van der Waals surface area (Å²) in [5.74, 6) is 1.16. The number of methoxy groups -OCH3 is 1. The molecule has 3 rings (SSSR count). The molecule has 0 radical (unpaired) electrons. The molecule has 2 saturated heterocycles. The fourth-order valence-electron chi connectivity index (χ4n) is 3.33. The van der Waals surface area contributed by atoms with Gasteiger partial charge in [0.15, 0.2) is 9.84 Å². The number of hydrogen-bond acceptors (Lipinski definition) is 7. The molecule has 3 atom stereocenters. The highest BCUT2D eigenvalue weighted by atomic mass is 32.2. The minimum Gasteiger partial charge on any atom is -0.496 e. The SMILES string of the molecule is COc1cc(S(C)(=O)=O)ccc1C1CNCC(NCC2CCOC2)N1. The van der Waals surface area contributed by atoms with Gasteiger partial charge < -0.3 is 20.1 Å². The minimum absolute atomic E-state index is 0.0506. The Morgan fingerprint density at radius 1 is 1.36 bits per heavy atom. The van der Waals surface area contributed by atoms with Crippen LogP contribution in [0.1, 0.15) is 18.0 Å². The van der Waals surface area contributed by atoms with E-state index in [1.807, 2.05) is 6.07 Å². The molecule has 0 saturated carbocycles. The van der Waals surface area contributed by atoms with Crippen molar-refractivity contribution < 1.29 is 17.9 Å². The predicted molar refractivity (Wildman–Crippen MR) is 95.6 cm³/mol. The van der Waals surface area contributed by atoms with E-state index in [9.17, 15) is 8.42 Å². The molecule has 140 valence electrons. The average Bonchev–Trinajstić information content (AvgIpc) is 3.12. The molecular weight excluding hydrogens is 342 g/mol. The highest BCUT2D eigenvalue weighted by Gasteiger charge is 2.26. The Balaban J connectivity index is 1.67. The van der Waals surface area contributed by atoms with Gasteiger partial charge in [0.25, 0.3) is 0 Å². The van der Waals surface area contributed by atoms with Gasteiger partial charge in [0.1, 0.15) is 5.75 Å². The maximum atomic E-state index is 11.7. The Bertz CT molecular complexity index is 689. The predicted octanol–water partition coefficient (Wildman–Crippen LogP) is 0.285. The normalized spacial score (nSPS) is 27.4. The van der Waals surface area contributed by atoms with Crippen LogP contribution in [0.2, 0.25) is 0 Å². The van der Waals surface area contributed by atoms with Crippen LogP contribution in [0.4, 0.5) is 0 Å². The fourth-order valence-corrected chi connectivity index (χ4v) is 3.96. The maximum absolute atomic E-state index is 11.7. The molecule has 2 aliphatic rings. The van der Waals surface area contributed by atoms with Crippen molar-refractivity contribution in [2.45, 2.75) is 23.5 Å². The Kier molecular flexibility index (Phi) is 5.96. The summed E-state index contributed by atoms with van der Waals surface area (Å²) in [6.45, 7) is 4.22. The van der Waals surface area contributed by atoms with E-state index in [-0.39, 0.29) is 17.1 Å². The van der Waals surface area contributed by atoms with E-state index >= 15 is 0 Å². The molecule has 8 heteroatoms. The van der Waals surface area contributed by atoms with Crippen molar-refractivity contribution in [3.63, 3.8) is 0 Å². The third-order valence-electron chi connectivity index (χ3n) is 4.78. The lowest BCUT2D eigenvalue weighted by molar-refractivity contribution is 0.182. The first-order valence-corrected chi connectivity index (χ1v) is 10.5. The zero-order valence-electron chi connectivity index (χ0n) is 14.7. The maximum Gasteiger partial charge on any atom is 0.175 e. The molecule has 25 heavy (non-hydrogen) atoms. The molecule has 0 amide bonds. The van der Waals surface area contributed by atoms with Crippen molar-refractivity contribution >= 4 is 9.84 Å². The minimum atomic E-state index is -3.25. The summed E-state index contributed by atoms with van der Waals surface area (Å²) in [7, 11) is -1.69. The molecule has 0 aliphatic carbocycles. The Morgan fingerprint density at radius 2 is 2.20 bits per heavy atom. The molecule has 2 fully saturated rings. The number of rotatable bonds is 6. The van der Waals surface area contributed by atoms with Crippen LogP contribution in [0.3, 0.4) is 0 Å². The van der Waals surface area contributed by atoms with Gasteiger partial charge in [-0.1, -0.05) is 6.07 Å². The number of nitrogens with one attached hydrogen (secondary N) is 3. The lowest BCUT2D eigenvalue weighted by Gasteiger charge is -2.34. The van der Waals surface area contributed by atoms with Gasteiger partial charge in [0.2, 0.25) is 0 Å². The van der Waals surface area contributed by atoms with Gasteiger partial charge in [-0.15, -0.1) is 0 Å². The smallest absolute Gasteiger partial charge is 0.175 e. The average molecular weight is 369 g/mol. The lowest BCUT2D eigenvalue weighted by atomic mass is 10.0. The molecule has 0 spiro atoms. The van der Waals surface area contributed by atoms with E-state index < -0.39 is 9.84 Å². The van der Waals surface area contributed by atoms with Gasteiger partial charge >= 0.3 is 0 Å². The van der Waals surface area contributed by atoms with Crippen molar-refractivity contribution in [2.75, 3.05) is 46.2 Å². The van der Waals surface area contributed by atoms with E-state index in [4.69, 9.17) is 9.47 Å². The molecule has 1 aromatic rings. The summed E-state index contributed by atoms with van der Waals surface area (Å²) < 4.78 is 34.4. The molecule has 2 heterocycles. The molecule has 3 N–H and O–H groups in total. The summed E-state index contributed by atoms with van der Waals surface area (Å²) in [4.78, 5) is 0.271. The number of piperazine rings is 1. The topological polar surface area (TPSA) is 88.7 Å². The van der Waals surface area contributed by atoms with Crippen LogP contribution in [0.5, 0.6) is 5.75 Å². The van der Waals surface area contributed by atoms with Crippen molar-refractivity contribution in [1.29, 1.82) is 0 Å². The highest BCUT2D eigenvalue weighted by molar-refractivity contribution is 7.90. The van der Waals surface area contributed by atoms with Crippen LogP contribution in [-0.2, 0) is 14.6 Å². The zero-order valence-corrected chi connectivity index (χ0v) is 15.6. The first kappa shape index (κ1) is 18.6. The fraction of sp³-hybridized carbons (Fsp3) is 0.647. The van der Waals surface area contributed by atoms with Gasteiger partial charge in [-0.25, -0.2) is 8.42 Å². The Labute approximate surface area is 149 Å². The zero-order chi connectivity index (χ0) is 17.9. The molecule has 0 bridgehead atoms. The van der Waals surface area contributed by atoms with Crippen LogP contribution in [0.25, 0.3) is 0 Å². The molecule has 7 nitrogen and oxygen atoms in total. The number of hydrogen-bond donors (Lipinski definition) is 3. The van der Waals surface area contributed by atoms with E-state index in [0.29, 0.717) is 11.7 Å². The van der Waals surface area contributed by atoms with Crippen LogP contribution >= 0.6 is 0 Å². The number of ether oxygens (including phenoxy) is 2. The monoisotopic (exact) mass is 369 g/mol. The van der Waals surface area contributed by atoms with E-state index in [1.54, 1.807) is 19.2 Å². The van der Waals surface area contributed by atoms with Gasteiger partial charge in [-0.3, -0.25) is 5.32 Å². The van der Waals surface area contributed by atoms with Crippen LogP contribution in [0, 0.1) is 5.92 Å². The van der Waals surface area contributed by atoms with Crippen molar-refractivity contribution in [3.05, 3.63) is 23.8 Å². The van der Waals surface area contributed by atoms with Crippen molar-refractivity contribution in [2.24, 2.45) is 5.92 Å². The summed E-state index contributed by atoms with van der Waals surface area (Å²) in [6.07, 6.45) is 2.46. The molecule has 3 unspecified atom stereocenters. The molecule has 2 aliphatic heterocycles. The number of sulfone groups is 1. The number of benzene rings is 1.